The number of para-hydroxylation sites is 1. The summed E-state index contributed by atoms with van der Waals surface area (Å²) < 4.78 is 1.90. The molecule has 28 heavy (non-hydrogen) atoms. The van der Waals surface area contributed by atoms with E-state index in [1.165, 1.54) is 4.88 Å². The van der Waals surface area contributed by atoms with Crippen LogP contribution >= 0.6 is 35.3 Å². The van der Waals surface area contributed by atoms with Crippen molar-refractivity contribution in [3.63, 3.8) is 0 Å². The summed E-state index contributed by atoms with van der Waals surface area (Å²) in [5.41, 5.74) is 2.20. The number of aryl methyl sites for hydroxylation is 1. The third-order valence-electron chi connectivity index (χ3n) is 4.03. The van der Waals surface area contributed by atoms with Crippen LogP contribution in [0, 0.1) is 6.92 Å². The molecule has 8 heteroatoms. The molecule has 0 saturated heterocycles. The molecule has 0 saturated carbocycles. The lowest BCUT2D eigenvalue weighted by Crippen LogP contribution is -2.38. The van der Waals surface area contributed by atoms with Crippen molar-refractivity contribution >= 4 is 41.3 Å². The van der Waals surface area contributed by atoms with Gasteiger partial charge in [-0.25, -0.2) is 9.67 Å². The number of rotatable bonds is 7. The molecule has 0 spiro atoms. The SMILES string of the molecule is CCNC(=NCCc1ncc(C)s1)N(C)Cc1cnn(-c2ccccc2)c1.I. The van der Waals surface area contributed by atoms with E-state index in [0.717, 1.165) is 48.3 Å². The van der Waals surface area contributed by atoms with E-state index in [4.69, 9.17) is 4.99 Å². The van der Waals surface area contributed by atoms with Gasteiger partial charge in [0.25, 0.3) is 0 Å². The lowest BCUT2D eigenvalue weighted by atomic mass is 10.3. The Balaban J connectivity index is 0.00000280. The van der Waals surface area contributed by atoms with Crippen LogP contribution in [0.1, 0.15) is 22.4 Å². The summed E-state index contributed by atoms with van der Waals surface area (Å²) in [6.45, 7) is 6.47. The smallest absolute Gasteiger partial charge is 0.193 e. The molecule has 0 atom stereocenters. The second-order valence-electron chi connectivity index (χ2n) is 6.34. The number of nitrogens with zero attached hydrogens (tertiary/aromatic N) is 5. The van der Waals surface area contributed by atoms with Crippen LogP contribution in [-0.2, 0) is 13.0 Å². The van der Waals surface area contributed by atoms with E-state index in [-0.39, 0.29) is 24.0 Å². The Morgan fingerprint density at radius 2 is 2.04 bits per heavy atom. The van der Waals surface area contributed by atoms with E-state index in [1.54, 1.807) is 11.3 Å². The van der Waals surface area contributed by atoms with Gasteiger partial charge in [0.15, 0.2) is 5.96 Å². The average Bonchev–Trinajstić information content (AvgIpc) is 3.31. The van der Waals surface area contributed by atoms with Crippen LogP contribution in [-0.4, -0.2) is 45.8 Å². The highest BCUT2D eigenvalue weighted by atomic mass is 127. The Hall–Kier alpha value is -1.94. The van der Waals surface area contributed by atoms with E-state index in [2.05, 4.69) is 47.4 Å². The van der Waals surface area contributed by atoms with Crippen molar-refractivity contribution in [1.82, 2.24) is 25.0 Å². The molecule has 150 valence electrons. The van der Waals surface area contributed by atoms with Crippen LogP contribution in [0.3, 0.4) is 0 Å². The van der Waals surface area contributed by atoms with E-state index in [0.29, 0.717) is 0 Å². The molecule has 0 amide bonds. The van der Waals surface area contributed by atoms with Gasteiger partial charge in [0.1, 0.15) is 0 Å². The number of hydrogen-bond donors (Lipinski definition) is 1. The molecule has 0 fully saturated rings. The molecular weight excluding hydrogens is 483 g/mol. The van der Waals surface area contributed by atoms with E-state index in [1.807, 2.05) is 47.4 Å². The summed E-state index contributed by atoms with van der Waals surface area (Å²) in [6.07, 6.45) is 6.76. The van der Waals surface area contributed by atoms with E-state index < -0.39 is 0 Å². The largest absolute Gasteiger partial charge is 0.357 e. The zero-order valence-electron chi connectivity index (χ0n) is 16.5. The van der Waals surface area contributed by atoms with Crippen LogP contribution in [0.2, 0.25) is 0 Å². The summed E-state index contributed by atoms with van der Waals surface area (Å²) in [6, 6.07) is 10.1. The van der Waals surface area contributed by atoms with Gasteiger partial charge in [-0.1, -0.05) is 18.2 Å². The van der Waals surface area contributed by atoms with Crippen LogP contribution in [0.4, 0.5) is 0 Å². The number of aromatic nitrogens is 3. The molecule has 0 radical (unpaired) electrons. The maximum absolute atomic E-state index is 4.75. The minimum absolute atomic E-state index is 0. The lowest BCUT2D eigenvalue weighted by molar-refractivity contribution is 0.477. The molecule has 0 aliphatic carbocycles. The molecule has 0 aliphatic heterocycles. The number of benzene rings is 1. The van der Waals surface area contributed by atoms with E-state index in [9.17, 15) is 0 Å². The van der Waals surface area contributed by atoms with Crippen LogP contribution in [0.5, 0.6) is 0 Å². The highest BCUT2D eigenvalue weighted by Gasteiger charge is 2.09. The fourth-order valence-corrected chi connectivity index (χ4v) is 3.53. The van der Waals surface area contributed by atoms with Gasteiger partial charge in [0.05, 0.1) is 16.9 Å². The van der Waals surface area contributed by atoms with Crippen molar-refractivity contribution in [3.05, 3.63) is 64.4 Å². The van der Waals surface area contributed by atoms with Gasteiger partial charge in [-0.05, 0) is 26.0 Å². The summed E-state index contributed by atoms with van der Waals surface area (Å²) in [5, 5.41) is 8.97. The fraction of sp³-hybridized carbons (Fsp3) is 0.350. The number of aliphatic imine (C=N–C) groups is 1. The molecule has 3 aromatic rings. The summed E-state index contributed by atoms with van der Waals surface area (Å²) in [7, 11) is 2.05. The molecule has 0 unspecified atom stereocenters. The van der Waals surface area contributed by atoms with Crippen molar-refractivity contribution in [2.75, 3.05) is 20.1 Å². The van der Waals surface area contributed by atoms with E-state index >= 15 is 0 Å². The molecule has 2 heterocycles. The fourth-order valence-electron chi connectivity index (χ4n) is 2.76. The van der Waals surface area contributed by atoms with Gasteiger partial charge in [0, 0.05) is 55.9 Å². The highest BCUT2D eigenvalue weighted by molar-refractivity contribution is 14.0. The van der Waals surface area contributed by atoms with Gasteiger partial charge < -0.3 is 10.2 Å². The third-order valence-corrected chi connectivity index (χ3v) is 5.00. The Labute approximate surface area is 187 Å². The molecule has 0 aliphatic rings. The first-order valence-corrected chi connectivity index (χ1v) is 9.97. The summed E-state index contributed by atoms with van der Waals surface area (Å²) in [5.74, 6) is 0.901. The van der Waals surface area contributed by atoms with Crippen molar-refractivity contribution in [2.24, 2.45) is 4.99 Å². The first-order valence-electron chi connectivity index (χ1n) is 9.15. The zero-order valence-corrected chi connectivity index (χ0v) is 19.6. The van der Waals surface area contributed by atoms with Crippen molar-refractivity contribution < 1.29 is 0 Å². The Kier molecular flexibility index (Phi) is 8.91. The van der Waals surface area contributed by atoms with Crippen molar-refractivity contribution in [3.8, 4) is 5.69 Å². The molecule has 0 bridgehead atoms. The maximum atomic E-state index is 4.75. The van der Waals surface area contributed by atoms with Crippen LogP contribution in [0.15, 0.2) is 53.9 Å². The van der Waals surface area contributed by atoms with Crippen molar-refractivity contribution in [1.29, 1.82) is 0 Å². The minimum atomic E-state index is 0. The summed E-state index contributed by atoms with van der Waals surface area (Å²) in [4.78, 5) is 12.5. The Morgan fingerprint density at radius 1 is 1.25 bits per heavy atom. The topological polar surface area (TPSA) is 58.3 Å². The number of thiazole rings is 1. The van der Waals surface area contributed by atoms with Gasteiger partial charge in [-0.3, -0.25) is 4.99 Å². The predicted molar refractivity (Wildman–Crippen MR) is 127 cm³/mol. The second-order valence-corrected chi connectivity index (χ2v) is 7.65. The number of halogens is 1. The van der Waals surface area contributed by atoms with Crippen LogP contribution in [0.25, 0.3) is 5.69 Å². The normalized spacial score (nSPS) is 11.2. The lowest BCUT2D eigenvalue weighted by Gasteiger charge is -2.21. The maximum Gasteiger partial charge on any atom is 0.193 e. The second kappa shape index (κ2) is 11.2. The number of nitrogens with one attached hydrogen (secondary N) is 1. The number of hydrogen-bond acceptors (Lipinski definition) is 4. The zero-order chi connectivity index (χ0) is 19.1. The Morgan fingerprint density at radius 3 is 2.71 bits per heavy atom. The third kappa shape index (κ3) is 6.30. The first-order chi connectivity index (χ1) is 13.2. The number of guanidine groups is 1. The van der Waals surface area contributed by atoms with Gasteiger partial charge in [-0.2, -0.15) is 5.10 Å². The summed E-state index contributed by atoms with van der Waals surface area (Å²) >= 11 is 1.74. The molecular formula is C20H27IN6S. The standard InChI is InChI=1S/C20H26N6S.HI/c1-4-21-20(22-11-10-19-23-12-16(2)27-19)25(3)14-17-13-24-26(15-17)18-8-6-5-7-9-18;/h5-9,12-13,15H,4,10-11,14H2,1-3H3,(H,21,22);1H. The Bertz CT molecular complexity index is 874. The van der Waals surface area contributed by atoms with Gasteiger partial charge in [-0.15, -0.1) is 35.3 Å². The first kappa shape index (κ1) is 22.4. The predicted octanol–water partition coefficient (Wildman–Crippen LogP) is 3.90. The molecule has 2 aromatic heterocycles. The highest BCUT2D eigenvalue weighted by Crippen LogP contribution is 2.12. The van der Waals surface area contributed by atoms with Crippen molar-refractivity contribution in [2.45, 2.75) is 26.8 Å². The van der Waals surface area contributed by atoms with Crippen LogP contribution < -0.4 is 5.32 Å². The van der Waals surface area contributed by atoms with Gasteiger partial charge >= 0.3 is 0 Å². The average molecular weight is 510 g/mol. The quantitative estimate of drug-likeness (QED) is 0.298. The molecule has 3 rings (SSSR count). The van der Waals surface area contributed by atoms with Gasteiger partial charge in [0.2, 0.25) is 0 Å². The monoisotopic (exact) mass is 510 g/mol. The molecule has 1 aromatic carbocycles. The molecule has 1 N–H and O–H groups in total. The minimum Gasteiger partial charge on any atom is -0.357 e. The molecule has 6 nitrogen and oxygen atoms in total.